The monoisotopic (exact) mass is 384 g/mol. The Kier molecular flexibility index (Phi) is 7.90. The highest BCUT2D eigenvalue weighted by atomic mass is 16.2. The van der Waals surface area contributed by atoms with Crippen molar-refractivity contribution >= 4 is 16.8 Å². The predicted molar refractivity (Wildman–Crippen MR) is 116 cm³/mol. The standard InChI is InChI=1S/C23H36N4O/c1-3-5-16-26-17-9-8-11-19(12-10-18-26)24-23(28)22-20-13-6-7-14-21(20)27(25-22)15-4-2/h6-7,13-14,19H,3-5,8-12,15-18H2,1-2H3,(H,24,28). The number of nitrogens with zero attached hydrogens (tertiary/aromatic N) is 3. The molecule has 0 bridgehead atoms. The zero-order chi connectivity index (χ0) is 19.8. The average molecular weight is 385 g/mol. The van der Waals surface area contributed by atoms with Gasteiger partial charge in [-0.25, -0.2) is 0 Å². The van der Waals surface area contributed by atoms with Crippen molar-refractivity contribution in [2.45, 2.75) is 77.8 Å². The maximum Gasteiger partial charge on any atom is 0.272 e. The van der Waals surface area contributed by atoms with E-state index in [1.54, 1.807) is 0 Å². The van der Waals surface area contributed by atoms with Crippen molar-refractivity contribution < 1.29 is 4.79 Å². The third kappa shape index (κ3) is 5.34. The fourth-order valence-electron chi connectivity index (χ4n) is 4.22. The predicted octanol–water partition coefficient (Wildman–Crippen LogP) is 4.61. The van der Waals surface area contributed by atoms with Crippen LogP contribution in [0.25, 0.3) is 10.9 Å². The first-order valence-corrected chi connectivity index (χ1v) is 11.2. The number of carbonyl (C=O) groups is 1. The molecule has 1 fully saturated rings. The summed E-state index contributed by atoms with van der Waals surface area (Å²) in [6.07, 6.45) is 9.23. The van der Waals surface area contributed by atoms with E-state index in [0.717, 1.165) is 49.7 Å². The highest BCUT2D eigenvalue weighted by Gasteiger charge is 2.21. The Labute approximate surface area is 169 Å². The van der Waals surface area contributed by atoms with Crippen LogP contribution in [0, 0.1) is 0 Å². The van der Waals surface area contributed by atoms with Crippen molar-refractivity contribution in [1.29, 1.82) is 0 Å². The molecule has 1 aliphatic heterocycles. The summed E-state index contributed by atoms with van der Waals surface area (Å²) in [6, 6.07) is 8.33. The van der Waals surface area contributed by atoms with Gasteiger partial charge in [-0.3, -0.25) is 9.48 Å². The third-order valence-corrected chi connectivity index (χ3v) is 5.78. The minimum absolute atomic E-state index is 0.0156. The van der Waals surface area contributed by atoms with E-state index in [1.165, 1.54) is 38.8 Å². The maximum absolute atomic E-state index is 13.0. The molecule has 1 atom stereocenters. The van der Waals surface area contributed by atoms with Crippen LogP contribution in [-0.4, -0.2) is 46.3 Å². The van der Waals surface area contributed by atoms with Gasteiger partial charge in [-0.1, -0.05) is 44.9 Å². The Morgan fingerprint density at radius 2 is 1.86 bits per heavy atom. The van der Waals surface area contributed by atoms with Gasteiger partial charge in [0.15, 0.2) is 5.69 Å². The molecule has 1 saturated heterocycles. The van der Waals surface area contributed by atoms with Crippen molar-refractivity contribution in [2.24, 2.45) is 0 Å². The molecular weight excluding hydrogens is 348 g/mol. The summed E-state index contributed by atoms with van der Waals surface area (Å²) in [5, 5.41) is 8.91. The fraction of sp³-hybridized carbons (Fsp3) is 0.652. The van der Waals surface area contributed by atoms with Gasteiger partial charge >= 0.3 is 0 Å². The molecule has 2 heterocycles. The second kappa shape index (κ2) is 10.6. The van der Waals surface area contributed by atoms with Crippen LogP contribution in [0.2, 0.25) is 0 Å². The molecule has 3 rings (SSSR count). The molecule has 1 amide bonds. The quantitative estimate of drug-likeness (QED) is 0.758. The minimum Gasteiger partial charge on any atom is -0.348 e. The summed E-state index contributed by atoms with van der Waals surface area (Å²) in [6.45, 7) is 8.80. The lowest BCUT2D eigenvalue weighted by molar-refractivity contribution is 0.0927. The van der Waals surface area contributed by atoms with Crippen molar-refractivity contribution in [2.75, 3.05) is 19.6 Å². The number of unbranched alkanes of at least 4 members (excludes halogenated alkanes) is 1. The Bertz CT molecular complexity index is 754. The Morgan fingerprint density at radius 1 is 1.07 bits per heavy atom. The number of hydrogen-bond donors (Lipinski definition) is 1. The van der Waals surface area contributed by atoms with E-state index in [9.17, 15) is 4.79 Å². The van der Waals surface area contributed by atoms with Gasteiger partial charge in [0.1, 0.15) is 0 Å². The first-order valence-electron chi connectivity index (χ1n) is 11.2. The highest BCUT2D eigenvalue weighted by molar-refractivity contribution is 6.04. The topological polar surface area (TPSA) is 50.2 Å². The van der Waals surface area contributed by atoms with Crippen LogP contribution in [-0.2, 0) is 6.54 Å². The molecule has 28 heavy (non-hydrogen) atoms. The molecule has 2 aromatic rings. The first kappa shape index (κ1) is 20.8. The van der Waals surface area contributed by atoms with Crippen LogP contribution in [0.1, 0.15) is 75.7 Å². The molecule has 1 aromatic carbocycles. The Hall–Kier alpha value is -1.88. The molecule has 0 spiro atoms. The number of benzene rings is 1. The lowest BCUT2D eigenvalue weighted by Crippen LogP contribution is -2.35. The third-order valence-electron chi connectivity index (χ3n) is 5.78. The van der Waals surface area contributed by atoms with Crippen molar-refractivity contribution in [3.05, 3.63) is 30.0 Å². The zero-order valence-electron chi connectivity index (χ0n) is 17.6. The van der Waals surface area contributed by atoms with E-state index in [1.807, 2.05) is 22.9 Å². The molecule has 0 aliphatic carbocycles. The van der Waals surface area contributed by atoms with Gasteiger partial charge in [0.05, 0.1) is 5.52 Å². The molecule has 0 radical (unpaired) electrons. The second-order valence-electron chi connectivity index (χ2n) is 8.09. The summed E-state index contributed by atoms with van der Waals surface area (Å²) in [5.41, 5.74) is 1.63. The van der Waals surface area contributed by atoms with Gasteiger partial charge in [-0.05, 0) is 64.2 Å². The number of nitrogens with one attached hydrogen (secondary N) is 1. The van der Waals surface area contributed by atoms with Gasteiger partial charge in [0.25, 0.3) is 5.91 Å². The molecule has 154 valence electrons. The smallest absolute Gasteiger partial charge is 0.272 e. The summed E-state index contributed by atoms with van der Waals surface area (Å²) >= 11 is 0. The van der Waals surface area contributed by atoms with Crippen LogP contribution < -0.4 is 5.32 Å². The number of para-hydroxylation sites is 1. The normalized spacial score (nSPS) is 19.1. The number of carbonyl (C=O) groups excluding carboxylic acids is 1. The maximum atomic E-state index is 13.0. The van der Waals surface area contributed by atoms with Gasteiger partial charge in [0, 0.05) is 18.0 Å². The Balaban J connectivity index is 1.65. The lowest BCUT2D eigenvalue weighted by atomic mass is 10.0. The molecule has 5 nitrogen and oxygen atoms in total. The molecule has 1 unspecified atom stereocenters. The van der Waals surface area contributed by atoms with E-state index in [2.05, 4.69) is 35.2 Å². The number of hydrogen-bond acceptors (Lipinski definition) is 3. The number of rotatable bonds is 7. The fourth-order valence-corrected chi connectivity index (χ4v) is 4.22. The van der Waals surface area contributed by atoms with Gasteiger partial charge < -0.3 is 10.2 Å². The van der Waals surface area contributed by atoms with Crippen molar-refractivity contribution in [1.82, 2.24) is 20.0 Å². The Morgan fingerprint density at radius 3 is 2.68 bits per heavy atom. The van der Waals surface area contributed by atoms with Gasteiger partial charge in [0.2, 0.25) is 0 Å². The molecule has 1 aromatic heterocycles. The van der Waals surface area contributed by atoms with Crippen LogP contribution in [0.5, 0.6) is 0 Å². The second-order valence-corrected chi connectivity index (χ2v) is 8.09. The molecule has 1 aliphatic rings. The van der Waals surface area contributed by atoms with Gasteiger partial charge in [-0.2, -0.15) is 5.10 Å². The van der Waals surface area contributed by atoms with E-state index in [4.69, 9.17) is 0 Å². The van der Waals surface area contributed by atoms with E-state index >= 15 is 0 Å². The summed E-state index contributed by atoms with van der Waals surface area (Å²) < 4.78 is 1.97. The number of aryl methyl sites for hydroxylation is 1. The minimum atomic E-state index is -0.0156. The van der Waals surface area contributed by atoms with Gasteiger partial charge in [-0.15, -0.1) is 0 Å². The molecular formula is C23H36N4O. The molecule has 0 saturated carbocycles. The summed E-state index contributed by atoms with van der Waals surface area (Å²) in [7, 11) is 0. The summed E-state index contributed by atoms with van der Waals surface area (Å²) in [5.74, 6) is -0.0156. The molecule has 1 N–H and O–H groups in total. The summed E-state index contributed by atoms with van der Waals surface area (Å²) in [4.78, 5) is 15.6. The number of amides is 1. The van der Waals surface area contributed by atoms with Crippen molar-refractivity contribution in [3.63, 3.8) is 0 Å². The van der Waals surface area contributed by atoms with Crippen molar-refractivity contribution in [3.8, 4) is 0 Å². The van der Waals surface area contributed by atoms with Crippen LogP contribution in [0.15, 0.2) is 24.3 Å². The lowest BCUT2D eigenvalue weighted by Gasteiger charge is -2.21. The highest BCUT2D eigenvalue weighted by Crippen LogP contribution is 2.20. The van der Waals surface area contributed by atoms with Crippen LogP contribution in [0.3, 0.4) is 0 Å². The number of fused-ring (bicyclic) bond motifs is 1. The SMILES string of the molecule is CCCCN1CCCCC(NC(=O)c2nn(CCC)c3ccccc23)CCC1. The zero-order valence-corrected chi connectivity index (χ0v) is 17.6. The average Bonchev–Trinajstić information content (AvgIpc) is 3.11. The number of aromatic nitrogens is 2. The van der Waals surface area contributed by atoms with Crippen LogP contribution in [0.4, 0.5) is 0 Å². The van der Waals surface area contributed by atoms with Crippen LogP contribution >= 0.6 is 0 Å². The van der Waals surface area contributed by atoms with E-state index in [0.29, 0.717) is 5.69 Å². The van der Waals surface area contributed by atoms with E-state index in [-0.39, 0.29) is 11.9 Å². The van der Waals surface area contributed by atoms with E-state index < -0.39 is 0 Å². The first-order chi connectivity index (χ1) is 13.7. The largest absolute Gasteiger partial charge is 0.348 e. The molecule has 5 heteroatoms.